The largest absolute Gasteiger partial charge is 0.391 e. The van der Waals surface area contributed by atoms with Crippen molar-refractivity contribution in [1.82, 2.24) is 15.5 Å². The molecule has 1 fully saturated rings. The molecule has 10 heteroatoms. The Hall–Kier alpha value is -3.79. The van der Waals surface area contributed by atoms with Crippen LogP contribution in [0.25, 0.3) is 11.1 Å². The van der Waals surface area contributed by atoms with Crippen molar-refractivity contribution in [3.05, 3.63) is 59.9 Å². The predicted octanol–water partition coefficient (Wildman–Crippen LogP) is 1.52. The first-order valence-corrected chi connectivity index (χ1v) is 12.5. The molecule has 0 saturated carbocycles. The van der Waals surface area contributed by atoms with E-state index in [-0.39, 0.29) is 25.2 Å². The molecule has 0 aromatic heterocycles. The van der Waals surface area contributed by atoms with Gasteiger partial charge in [-0.05, 0) is 22.6 Å². The summed E-state index contributed by atoms with van der Waals surface area (Å²) < 4.78 is 14.1. The number of hydrogen-bond donors (Lipinski definition) is 4. The number of nitrogens with zero attached hydrogens (tertiary/aromatic N) is 1. The van der Waals surface area contributed by atoms with Gasteiger partial charge in [0.05, 0.1) is 6.10 Å². The molecule has 9 nitrogen and oxygen atoms in total. The van der Waals surface area contributed by atoms with Gasteiger partial charge in [0.1, 0.15) is 23.9 Å². The first kappa shape index (κ1) is 28.8. The number of carbonyl (C=O) groups excluding carboxylic acids is 4. The number of aliphatic hydroxyl groups excluding tert-OH is 1. The Balaban J connectivity index is 1.75. The maximum Gasteiger partial charge on any atom is 0.246 e. The Labute approximate surface area is 221 Å². The number of primary amides is 1. The summed E-state index contributed by atoms with van der Waals surface area (Å²) in [7, 11) is 0. The Morgan fingerprint density at radius 3 is 2.26 bits per heavy atom. The van der Waals surface area contributed by atoms with Gasteiger partial charge in [0.2, 0.25) is 23.6 Å². The third-order valence-corrected chi connectivity index (χ3v) is 6.56. The molecule has 0 aliphatic carbocycles. The molecule has 0 spiro atoms. The highest BCUT2D eigenvalue weighted by atomic mass is 19.1. The monoisotopic (exact) mass is 526 g/mol. The Kier molecular flexibility index (Phi) is 8.88. The molecule has 2 aromatic carbocycles. The summed E-state index contributed by atoms with van der Waals surface area (Å²) in [5, 5.41) is 15.5. The zero-order valence-electron chi connectivity index (χ0n) is 22.0. The van der Waals surface area contributed by atoms with E-state index in [1.807, 2.05) is 0 Å². The average molecular weight is 527 g/mol. The van der Waals surface area contributed by atoms with E-state index >= 15 is 0 Å². The zero-order valence-corrected chi connectivity index (χ0v) is 22.0. The maximum atomic E-state index is 14.1. The van der Waals surface area contributed by atoms with Crippen molar-refractivity contribution in [3.63, 3.8) is 0 Å². The van der Waals surface area contributed by atoms with E-state index in [1.54, 1.807) is 63.2 Å². The summed E-state index contributed by atoms with van der Waals surface area (Å²) in [5.41, 5.74) is 6.71. The van der Waals surface area contributed by atoms with Crippen LogP contribution in [0.4, 0.5) is 4.39 Å². The molecule has 5 N–H and O–H groups in total. The van der Waals surface area contributed by atoms with Crippen molar-refractivity contribution >= 4 is 23.6 Å². The van der Waals surface area contributed by atoms with Gasteiger partial charge in [-0.15, -0.1) is 0 Å². The topological polar surface area (TPSA) is 142 Å². The lowest BCUT2D eigenvalue weighted by atomic mass is 9.85. The van der Waals surface area contributed by atoms with Crippen LogP contribution in [0, 0.1) is 11.2 Å². The first-order chi connectivity index (χ1) is 17.8. The second kappa shape index (κ2) is 11.7. The van der Waals surface area contributed by atoms with Gasteiger partial charge in [-0.1, -0.05) is 63.2 Å². The van der Waals surface area contributed by atoms with Gasteiger partial charge in [0.15, 0.2) is 0 Å². The van der Waals surface area contributed by atoms with Crippen molar-refractivity contribution in [2.75, 3.05) is 6.54 Å². The van der Waals surface area contributed by atoms with E-state index < -0.39 is 53.3 Å². The summed E-state index contributed by atoms with van der Waals surface area (Å²) in [6.45, 7) is 6.58. The smallest absolute Gasteiger partial charge is 0.246 e. The number of rotatable bonds is 8. The molecular weight excluding hydrogens is 491 g/mol. The van der Waals surface area contributed by atoms with Gasteiger partial charge in [-0.2, -0.15) is 0 Å². The van der Waals surface area contributed by atoms with Crippen LogP contribution >= 0.6 is 0 Å². The van der Waals surface area contributed by atoms with Crippen molar-refractivity contribution in [2.24, 2.45) is 11.1 Å². The SMILES string of the molecule is CC(=O)N[C@H](C(=O)N1C[C@H](O)C[C@H]1C(=O)N[C@H](Cc1ccc(-c2ccccc2F)cc1)C(N)=O)C(C)(C)C. The highest BCUT2D eigenvalue weighted by Gasteiger charge is 2.44. The normalized spacial score (nSPS) is 18.9. The van der Waals surface area contributed by atoms with Crippen molar-refractivity contribution in [3.8, 4) is 11.1 Å². The van der Waals surface area contributed by atoms with Crippen LogP contribution in [0.15, 0.2) is 48.5 Å². The summed E-state index contributed by atoms with van der Waals surface area (Å²) in [6, 6.07) is 10.2. The molecule has 2 aromatic rings. The molecule has 1 aliphatic rings. The van der Waals surface area contributed by atoms with Gasteiger partial charge < -0.3 is 26.4 Å². The molecule has 38 heavy (non-hydrogen) atoms. The number of amides is 4. The van der Waals surface area contributed by atoms with Crippen LogP contribution in [0.1, 0.15) is 39.7 Å². The number of carbonyl (C=O) groups is 4. The van der Waals surface area contributed by atoms with E-state index in [0.717, 1.165) is 0 Å². The molecule has 3 rings (SSSR count). The van der Waals surface area contributed by atoms with Crippen molar-refractivity contribution in [2.45, 2.75) is 64.8 Å². The minimum Gasteiger partial charge on any atom is -0.391 e. The lowest BCUT2D eigenvalue weighted by Crippen LogP contribution is -2.58. The predicted molar refractivity (Wildman–Crippen MR) is 140 cm³/mol. The summed E-state index contributed by atoms with van der Waals surface area (Å²) in [4.78, 5) is 51.8. The number of halogens is 1. The molecule has 4 atom stereocenters. The highest BCUT2D eigenvalue weighted by molar-refractivity contribution is 5.94. The third kappa shape index (κ3) is 6.95. The highest BCUT2D eigenvalue weighted by Crippen LogP contribution is 2.27. The zero-order chi connectivity index (χ0) is 28.2. The molecular formula is C28H35FN4O5. The molecule has 1 aliphatic heterocycles. The third-order valence-electron chi connectivity index (χ3n) is 6.56. The minimum atomic E-state index is -1.08. The van der Waals surface area contributed by atoms with E-state index in [4.69, 9.17) is 5.73 Å². The summed E-state index contributed by atoms with van der Waals surface area (Å²) in [5.74, 6) is -2.64. The summed E-state index contributed by atoms with van der Waals surface area (Å²) in [6.07, 6.45) is -0.874. The number of β-amino-alcohol motifs (C(OH)–C–C–N with tert-alkyl or cyclic N) is 1. The van der Waals surface area contributed by atoms with E-state index in [1.165, 1.54) is 17.9 Å². The van der Waals surface area contributed by atoms with Gasteiger partial charge in [0, 0.05) is 31.9 Å². The van der Waals surface area contributed by atoms with Crippen LogP contribution in [0.3, 0.4) is 0 Å². The molecule has 0 radical (unpaired) electrons. The Bertz CT molecular complexity index is 1190. The number of benzene rings is 2. The van der Waals surface area contributed by atoms with E-state index in [2.05, 4.69) is 10.6 Å². The molecule has 204 valence electrons. The fourth-order valence-corrected chi connectivity index (χ4v) is 4.57. The van der Waals surface area contributed by atoms with E-state index in [0.29, 0.717) is 16.7 Å². The average Bonchev–Trinajstić information content (AvgIpc) is 3.23. The van der Waals surface area contributed by atoms with Crippen LogP contribution in [0.5, 0.6) is 0 Å². The summed E-state index contributed by atoms with van der Waals surface area (Å²) >= 11 is 0. The fraction of sp³-hybridized carbons (Fsp3) is 0.429. The van der Waals surface area contributed by atoms with Crippen molar-refractivity contribution < 1.29 is 28.7 Å². The first-order valence-electron chi connectivity index (χ1n) is 12.5. The van der Waals surface area contributed by atoms with E-state index in [9.17, 15) is 28.7 Å². The number of likely N-dealkylation sites (tertiary alicyclic amines) is 1. The quantitative estimate of drug-likeness (QED) is 0.413. The number of nitrogens with two attached hydrogens (primary N) is 1. The standard InChI is InChI=1S/C28H35FN4O5/c1-16(34)31-24(28(2,3)4)27(38)33-15-19(35)14-23(33)26(37)32-22(25(30)36)13-17-9-11-18(12-10-17)20-7-5-6-8-21(20)29/h5-12,19,22-24,35H,13-15H2,1-4H3,(H2,30,36)(H,31,34)(H,32,37)/t19-,22-,23+,24-/m1/s1. The van der Waals surface area contributed by atoms with Crippen LogP contribution in [-0.4, -0.2) is 64.4 Å². The number of nitrogens with one attached hydrogen (secondary N) is 2. The van der Waals surface area contributed by atoms with Crippen LogP contribution in [-0.2, 0) is 25.6 Å². The minimum absolute atomic E-state index is 0.0165. The molecule has 4 amide bonds. The number of hydrogen-bond acceptors (Lipinski definition) is 5. The van der Waals surface area contributed by atoms with Crippen LogP contribution < -0.4 is 16.4 Å². The van der Waals surface area contributed by atoms with Gasteiger partial charge in [-0.25, -0.2) is 4.39 Å². The fourth-order valence-electron chi connectivity index (χ4n) is 4.57. The maximum absolute atomic E-state index is 14.1. The number of aliphatic hydroxyl groups is 1. The molecule has 0 bridgehead atoms. The molecule has 0 unspecified atom stereocenters. The second-order valence-corrected chi connectivity index (χ2v) is 10.7. The Morgan fingerprint density at radius 2 is 1.71 bits per heavy atom. The molecule has 1 heterocycles. The lowest BCUT2D eigenvalue weighted by molar-refractivity contribution is -0.144. The Morgan fingerprint density at radius 1 is 1.08 bits per heavy atom. The van der Waals surface area contributed by atoms with Crippen LogP contribution in [0.2, 0.25) is 0 Å². The van der Waals surface area contributed by atoms with Gasteiger partial charge in [-0.3, -0.25) is 19.2 Å². The molecule has 1 saturated heterocycles. The van der Waals surface area contributed by atoms with Crippen molar-refractivity contribution in [1.29, 1.82) is 0 Å². The van der Waals surface area contributed by atoms with Gasteiger partial charge in [0.25, 0.3) is 0 Å². The van der Waals surface area contributed by atoms with Gasteiger partial charge >= 0.3 is 0 Å². The second-order valence-electron chi connectivity index (χ2n) is 10.7. The lowest BCUT2D eigenvalue weighted by Gasteiger charge is -2.35.